The van der Waals surface area contributed by atoms with Crippen molar-refractivity contribution < 1.29 is 9.53 Å². The summed E-state index contributed by atoms with van der Waals surface area (Å²) in [7, 11) is 0. The van der Waals surface area contributed by atoms with Crippen LogP contribution < -0.4 is 5.32 Å². The van der Waals surface area contributed by atoms with Gasteiger partial charge < -0.3 is 4.74 Å². The van der Waals surface area contributed by atoms with Gasteiger partial charge in [-0.2, -0.15) is 0 Å². The summed E-state index contributed by atoms with van der Waals surface area (Å²) >= 11 is 0. The minimum absolute atomic E-state index is 0.322. The predicted molar refractivity (Wildman–Crippen MR) is 59.3 cm³/mol. The molecule has 1 N–H and O–H groups in total. The molecule has 1 fully saturated rings. The zero-order valence-corrected chi connectivity index (χ0v) is 9.72. The van der Waals surface area contributed by atoms with Gasteiger partial charge in [0.05, 0.1) is 0 Å². The summed E-state index contributed by atoms with van der Waals surface area (Å²) in [5.74, 6) is 2.23. The van der Waals surface area contributed by atoms with Gasteiger partial charge in [-0.3, -0.25) is 5.32 Å². The molecule has 0 aromatic heterocycles. The number of hydrogen-bond acceptors (Lipinski definition) is 3. The Morgan fingerprint density at radius 2 is 2.13 bits per heavy atom. The molecular weight excluding hydrogens is 190 g/mol. The first-order chi connectivity index (χ1) is 6.90. The topological polar surface area (TPSA) is 38.3 Å². The van der Waals surface area contributed by atoms with E-state index in [1.54, 1.807) is 0 Å². The molecule has 1 rings (SSSR count). The second-order valence-corrected chi connectivity index (χ2v) is 4.94. The molecule has 0 aromatic rings. The molecule has 0 saturated carbocycles. The third kappa shape index (κ3) is 2.97. The van der Waals surface area contributed by atoms with Crippen LogP contribution in [-0.4, -0.2) is 23.7 Å². The highest BCUT2D eigenvalue weighted by molar-refractivity contribution is 5.85. The van der Waals surface area contributed by atoms with E-state index in [1.165, 1.54) is 0 Å². The second kappa shape index (κ2) is 4.24. The van der Waals surface area contributed by atoms with Crippen LogP contribution in [0.3, 0.4) is 0 Å². The van der Waals surface area contributed by atoms with Crippen LogP contribution in [0.1, 0.15) is 40.0 Å². The SMILES string of the molecule is C#CC1(C(=O)OC(C)(C)C)CCCCN1. The molecule has 0 amide bonds. The zero-order valence-electron chi connectivity index (χ0n) is 9.72. The fraction of sp³-hybridized carbons (Fsp3) is 0.750. The fourth-order valence-corrected chi connectivity index (χ4v) is 1.63. The molecule has 15 heavy (non-hydrogen) atoms. The molecule has 1 heterocycles. The van der Waals surface area contributed by atoms with E-state index in [0.29, 0.717) is 6.42 Å². The highest BCUT2D eigenvalue weighted by Gasteiger charge is 2.40. The van der Waals surface area contributed by atoms with Crippen LogP contribution in [-0.2, 0) is 9.53 Å². The number of ether oxygens (including phenoxy) is 1. The van der Waals surface area contributed by atoms with E-state index in [4.69, 9.17) is 11.2 Å². The normalized spacial score (nSPS) is 26.8. The van der Waals surface area contributed by atoms with E-state index >= 15 is 0 Å². The van der Waals surface area contributed by atoms with E-state index in [0.717, 1.165) is 19.4 Å². The van der Waals surface area contributed by atoms with Crippen LogP contribution in [0.2, 0.25) is 0 Å². The molecule has 0 bridgehead atoms. The first-order valence-corrected chi connectivity index (χ1v) is 5.36. The van der Waals surface area contributed by atoms with Gasteiger partial charge >= 0.3 is 5.97 Å². The first-order valence-electron chi connectivity index (χ1n) is 5.36. The molecule has 1 saturated heterocycles. The van der Waals surface area contributed by atoms with E-state index in [1.807, 2.05) is 20.8 Å². The standard InChI is InChI=1S/C12H19NO2/c1-5-12(8-6-7-9-13-12)10(14)15-11(2,3)4/h1,13H,6-9H2,2-4H3. The molecule has 0 aliphatic carbocycles. The molecule has 1 unspecified atom stereocenters. The summed E-state index contributed by atoms with van der Waals surface area (Å²) < 4.78 is 5.33. The lowest BCUT2D eigenvalue weighted by Crippen LogP contribution is -2.55. The van der Waals surface area contributed by atoms with Gasteiger partial charge in [-0.15, -0.1) is 6.42 Å². The van der Waals surface area contributed by atoms with E-state index in [-0.39, 0.29) is 5.97 Å². The Labute approximate surface area is 91.6 Å². The van der Waals surface area contributed by atoms with Gasteiger partial charge in [0.15, 0.2) is 5.54 Å². The number of carbonyl (C=O) groups excluding carboxylic acids is 1. The van der Waals surface area contributed by atoms with E-state index < -0.39 is 11.1 Å². The summed E-state index contributed by atoms with van der Waals surface area (Å²) in [6.07, 6.45) is 8.14. The number of nitrogens with one attached hydrogen (secondary N) is 1. The Morgan fingerprint density at radius 3 is 2.53 bits per heavy atom. The molecule has 0 spiro atoms. The highest BCUT2D eigenvalue weighted by atomic mass is 16.6. The number of terminal acetylenes is 1. The lowest BCUT2D eigenvalue weighted by Gasteiger charge is -2.34. The van der Waals surface area contributed by atoms with Crippen LogP contribution in [0, 0.1) is 12.3 Å². The second-order valence-electron chi connectivity index (χ2n) is 4.94. The van der Waals surface area contributed by atoms with Crippen LogP contribution in [0.5, 0.6) is 0 Å². The predicted octanol–water partition coefficient (Wildman–Crippen LogP) is 1.47. The Balaban J connectivity index is 2.74. The van der Waals surface area contributed by atoms with Crippen LogP contribution in [0.15, 0.2) is 0 Å². The maximum atomic E-state index is 11.9. The highest BCUT2D eigenvalue weighted by Crippen LogP contribution is 2.22. The monoisotopic (exact) mass is 209 g/mol. The van der Waals surface area contributed by atoms with Gasteiger partial charge in [-0.25, -0.2) is 4.79 Å². The van der Waals surface area contributed by atoms with Crippen LogP contribution in [0.25, 0.3) is 0 Å². The summed E-state index contributed by atoms with van der Waals surface area (Å²) in [6, 6.07) is 0. The van der Waals surface area contributed by atoms with Gasteiger partial charge in [-0.1, -0.05) is 5.92 Å². The van der Waals surface area contributed by atoms with Crippen molar-refractivity contribution in [3.8, 4) is 12.3 Å². The number of rotatable bonds is 1. The van der Waals surface area contributed by atoms with Crippen LogP contribution in [0.4, 0.5) is 0 Å². The minimum atomic E-state index is -0.897. The average molecular weight is 209 g/mol. The van der Waals surface area contributed by atoms with Crippen molar-refractivity contribution in [2.45, 2.75) is 51.2 Å². The van der Waals surface area contributed by atoms with Crippen molar-refractivity contribution in [3.05, 3.63) is 0 Å². The lowest BCUT2D eigenvalue weighted by molar-refractivity contribution is -0.161. The summed E-state index contributed by atoms with van der Waals surface area (Å²) in [6.45, 7) is 6.32. The minimum Gasteiger partial charge on any atom is -0.458 e. The Hall–Kier alpha value is -1.01. The molecule has 1 aliphatic rings. The average Bonchev–Trinajstić information content (AvgIpc) is 2.16. The third-order valence-electron chi connectivity index (χ3n) is 2.40. The molecule has 0 radical (unpaired) electrons. The maximum Gasteiger partial charge on any atom is 0.339 e. The molecule has 3 nitrogen and oxygen atoms in total. The van der Waals surface area contributed by atoms with Crippen LogP contribution >= 0.6 is 0 Å². The summed E-state index contributed by atoms with van der Waals surface area (Å²) in [4.78, 5) is 11.9. The van der Waals surface area contributed by atoms with Gasteiger partial charge in [0, 0.05) is 0 Å². The molecule has 3 heteroatoms. The largest absolute Gasteiger partial charge is 0.458 e. The molecule has 0 aromatic carbocycles. The molecule has 1 atom stereocenters. The maximum absolute atomic E-state index is 11.9. The smallest absolute Gasteiger partial charge is 0.339 e. The van der Waals surface area contributed by atoms with Crippen molar-refractivity contribution in [3.63, 3.8) is 0 Å². The van der Waals surface area contributed by atoms with Crippen molar-refractivity contribution in [1.82, 2.24) is 5.32 Å². The van der Waals surface area contributed by atoms with Crippen molar-refractivity contribution in [2.75, 3.05) is 6.54 Å². The van der Waals surface area contributed by atoms with Gasteiger partial charge in [0.1, 0.15) is 5.60 Å². The number of hydrogen-bond donors (Lipinski definition) is 1. The van der Waals surface area contributed by atoms with Gasteiger partial charge in [-0.05, 0) is 46.6 Å². The number of esters is 1. The van der Waals surface area contributed by atoms with Gasteiger partial charge in [0.2, 0.25) is 0 Å². The van der Waals surface area contributed by atoms with E-state index in [9.17, 15) is 4.79 Å². The Morgan fingerprint density at radius 1 is 1.47 bits per heavy atom. The van der Waals surface area contributed by atoms with Crippen molar-refractivity contribution >= 4 is 5.97 Å². The van der Waals surface area contributed by atoms with E-state index in [2.05, 4.69) is 11.2 Å². The summed E-state index contributed by atoms with van der Waals surface area (Å²) in [5.41, 5.74) is -1.38. The quantitative estimate of drug-likeness (QED) is 0.525. The molecule has 84 valence electrons. The van der Waals surface area contributed by atoms with Crippen molar-refractivity contribution in [1.29, 1.82) is 0 Å². The Kier molecular flexibility index (Phi) is 3.41. The fourth-order valence-electron chi connectivity index (χ4n) is 1.63. The Bertz CT molecular complexity index is 277. The van der Waals surface area contributed by atoms with Gasteiger partial charge in [0.25, 0.3) is 0 Å². The molecule has 1 aliphatic heterocycles. The summed E-state index contributed by atoms with van der Waals surface area (Å²) in [5, 5.41) is 3.09. The lowest BCUT2D eigenvalue weighted by atomic mass is 9.89. The number of piperidine rings is 1. The van der Waals surface area contributed by atoms with Crippen molar-refractivity contribution in [2.24, 2.45) is 0 Å². The first kappa shape index (κ1) is 12.1. The molecular formula is C12H19NO2. The zero-order chi connectivity index (χ0) is 11.5. The third-order valence-corrected chi connectivity index (χ3v) is 2.40. The number of carbonyl (C=O) groups is 1.